The van der Waals surface area contributed by atoms with Crippen LogP contribution in [-0.2, 0) is 11.3 Å². The lowest BCUT2D eigenvalue weighted by atomic mass is 9.98. The molecule has 0 bridgehead atoms. The van der Waals surface area contributed by atoms with Gasteiger partial charge in [0.05, 0.1) is 5.69 Å². The molecule has 0 saturated heterocycles. The number of nitrogens with zero attached hydrogens (tertiary/aromatic N) is 5. The number of carbonyl (C=O) groups is 1. The smallest absolute Gasteiger partial charge is 0.246 e. The molecule has 0 aliphatic heterocycles. The molecule has 3 rings (SSSR count). The molecule has 0 aliphatic rings. The van der Waals surface area contributed by atoms with E-state index in [-0.39, 0.29) is 18.3 Å². The molecular formula is C17H16N6OS. The molecule has 1 amide bonds. The highest BCUT2D eigenvalue weighted by Crippen LogP contribution is 2.31. The van der Waals surface area contributed by atoms with Crippen LogP contribution in [0.15, 0.2) is 23.8 Å². The van der Waals surface area contributed by atoms with Gasteiger partial charge in [0, 0.05) is 10.9 Å². The number of nitrogens with one attached hydrogen (secondary N) is 1. The second-order valence-electron chi connectivity index (χ2n) is 5.75. The van der Waals surface area contributed by atoms with Crippen molar-refractivity contribution in [3.05, 3.63) is 46.4 Å². The standard InChI is InChI=1S/C17H16N6OS/c1-10-4-11(2)16(12(3)5-10)13-8-25-17(20-13)21-15(24)7-23-9-19-22-14(23)6-18/h4-5,8-9H,7H2,1-3H3,(H,20,21,24). The Morgan fingerprint density at radius 3 is 2.72 bits per heavy atom. The molecule has 126 valence electrons. The van der Waals surface area contributed by atoms with E-state index in [1.54, 1.807) is 0 Å². The average Bonchev–Trinajstić information content (AvgIpc) is 3.15. The number of aromatic nitrogens is 4. The van der Waals surface area contributed by atoms with E-state index in [2.05, 4.69) is 53.4 Å². The maximum Gasteiger partial charge on any atom is 0.246 e. The lowest BCUT2D eigenvalue weighted by Crippen LogP contribution is -2.19. The predicted molar refractivity (Wildman–Crippen MR) is 95.1 cm³/mol. The van der Waals surface area contributed by atoms with Crippen LogP contribution in [0, 0.1) is 32.1 Å². The Labute approximate surface area is 149 Å². The van der Waals surface area contributed by atoms with Gasteiger partial charge in [0.15, 0.2) is 5.13 Å². The summed E-state index contributed by atoms with van der Waals surface area (Å²) in [5, 5.41) is 21.3. The Balaban J connectivity index is 1.76. The summed E-state index contributed by atoms with van der Waals surface area (Å²) in [5.74, 6) is -0.185. The fourth-order valence-corrected chi connectivity index (χ4v) is 3.52. The highest BCUT2D eigenvalue weighted by atomic mass is 32.1. The first-order valence-electron chi connectivity index (χ1n) is 7.59. The number of anilines is 1. The molecule has 0 radical (unpaired) electrons. The predicted octanol–water partition coefficient (Wildman–Crippen LogP) is 2.84. The summed E-state index contributed by atoms with van der Waals surface area (Å²) in [6.45, 7) is 6.15. The van der Waals surface area contributed by atoms with Gasteiger partial charge in [0.2, 0.25) is 11.7 Å². The topological polar surface area (TPSA) is 96.5 Å². The van der Waals surface area contributed by atoms with Gasteiger partial charge in [-0.25, -0.2) is 4.98 Å². The number of thiazole rings is 1. The maximum absolute atomic E-state index is 12.1. The van der Waals surface area contributed by atoms with E-state index in [1.165, 1.54) is 27.8 Å². The highest BCUT2D eigenvalue weighted by molar-refractivity contribution is 7.14. The monoisotopic (exact) mass is 352 g/mol. The first kappa shape index (κ1) is 16.8. The number of carbonyl (C=O) groups excluding carboxylic acids is 1. The molecule has 1 N–H and O–H groups in total. The Bertz CT molecular complexity index is 958. The van der Waals surface area contributed by atoms with E-state index in [1.807, 2.05) is 11.4 Å². The summed E-state index contributed by atoms with van der Waals surface area (Å²) in [6.07, 6.45) is 1.35. The zero-order valence-corrected chi connectivity index (χ0v) is 14.9. The van der Waals surface area contributed by atoms with Crippen molar-refractivity contribution in [1.82, 2.24) is 19.7 Å². The fourth-order valence-electron chi connectivity index (χ4n) is 2.80. The van der Waals surface area contributed by atoms with Crippen LogP contribution in [0.5, 0.6) is 0 Å². The van der Waals surface area contributed by atoms with Crippen molar-refractivity contribution in [2.45, 2.75) is 27.3 Å². The Morgan fingerprint density at radius 1 is 1.32 bits per heavy atom. The van der Waals surface area contributed by atoms with Gasteiger partial charge in [0.1, 0.15) is 18.9 Å². The van der Waals surface area contributed by atoms with Gasteiger partial charge in [-0.3, -0.25) is 9.36 Å². The van der Waals surface area contributed by atoms with Crippen molar-refractivity contribution in [2.24, 2.45) is 0 Å². The lowest BCUT2D eigenvalue weighted by Gasteiger charge is -2.08. The van der Waals surface area contributed by atoms with Gasteiger partial charge in [-0.05, 0) is 31.9 Å². The molecule has 2 aromatic heterocycles. The van der Waals surface area contributed by atoms with E-state index in [9.17, 15) is 4.79 Å². The third-order valence-corrected chi connectivity index (χ3v) is 4.47. The zero-order chi connectivity index (χ0) is 18.0. The van der Waals surface area contributed by atoms with Gasteiger partial charge < -0.3 is 5.32 Å². The first-order chi connectivity index (χ1) is 12.0. The molecule has 7 nitrogen and oxygen atoms in total. The molecule has 3 aromatic rings. The molecule has 0 spiro atoms. The fraction of sp³-hybridized carbons (Fsp3) is 0.235. The second-order valence-corrected chi connectivity index (χ2v) is 6.61. The number of hydrogen-bond donors (Lipinski definition) is 1. The number of benzene rings is 1. The van der Waals surface area contributed by atoms with Crippen molar-refractivity contribution in [2.75, 3.05) is 5.32 Å². The summed E-state index contributed by atoms with van der Waals surface area (Å²) in [6, 6.07) is 6.12. The van der Waals surface area contributed by atoms with Crippen LogP contribution in [0.2, 0.25) is 0 Å². The van der Waals surface area contributed by atoms with Gasteiger partial charge in [-0.2, -0.15) is 5.26 Å². The van der Waals surface area contributed by atoms with Crippen LogP contribution in [0.4, 0.5) is 5.13 Å². The van der Waals surface area contributed by atoms with Crippen LogP contribution in [0.25, 0.3) is 11.3 Å². The Kier molecular flexibility index (Phi) is 4.59. The lowest BCUT2D eigenvalue weighted by molar-refractivity contribution is -0.116. The molecule has 0 unspecified atom stereocenters. The summed E-state index contributed by atoms with van der Waals surface area (Å²) < 4.78 is 1.39. The first-order valence-corrected chi connectivity index (χ1v) is 8.47. The van der Waals surface area contributed by atoms with Crippen molar-refractivity contribution < 1.29 is 4.79 Å². The zero-order valence-electron chi connectivity index (χ0n) is 14.1. The van der Waals surface area contributed by atoms with Gasteiger partial charge in [-0.15, -0.1) is 21.5 Å². The van der Waals surface area contributed by atoms with Crippen LogP contribution in [0.3, 0.4) is 0 Å². The molecule has 25 heavy (non-hydrogen) atoms. The molecule has 0 fully saturated rings. The third kappa shape index (κ3) is 3.56. The van der Waals surface area contributed by atoms with E-state index < -0.39 is 0 Å². The van der Waals surface area contributed by atoms with Gasteiger partial charge in [-0.1, -0.05) is 17.7 Å². The van der Waals surface area contributed by atoms with E-state index in [0.717, 1.165) is 22.4 Å². The number of amides is 1. The van der Waals surface area contributed by atoms with Crippen molar-refractivity contribution >= 4 is 22.4 Å². The summed E-state index contributed by atoms with van der Waals surface area (Å²) >= 11 is 1.37. The number of rotatable bonds is 4. The number of nitriles is 1. The van der Waals surface area contributed by atoms with E-state index >= 15 is 0 Å². The number of aryl methyl sites for hydroxylation is 3. The Hall–Kier alpha value is -3.05. The van der Waals surface area contributed by atoms with Gasteiger partial charge in [0.25, 0.3) is 0 Å². The SMILES string of the molecule is Cc1cc(C)c(-c2csc(NC(=O)Cn3cnnc3C#N)n2)c(C)c1. The molecule has 0 atom stereocenters. The highest BCUT2D eigenvalue weighted by Gasteiger charge is 2.13. The molecule has 0 aliphatic carbocycles. The van der Waals surface area contributed by atoms with E-state index in [4.69, 9.17) is 5.26 Å². The van der Waals surface area contributed by atoms with Crippen LogP contribution in [0.1, 0.15) is 22.5 Å². The van der Waals surface area contributed by atoms with E-state index in [0.29, 0.717) is 5.13 Å². The van der Waals surface area contributed by atoms with Crippen LogP contribution >= 0.6 is 11.3 Å². The molecular weight excluding hydrogens is 336 g/mol. The summed E-state index contributed by atoms with van der Waals surface area (Å²) in [7, 11) is 0. The van der Waals surface area contributed by atoms with Crippen molar-refractivity contribution in [1.29, 1.82) is 5.26 Å². The molecule has 0 saturated carbocycles. The minimum Gasteiger partial charge on any atom is -0.300 e. The second kappa shape index (κ2) is 6.83. The number of hydrogen-bond acceptors (Lipinski definition) is 6. The molecule has 2 heterocycles. The molecule has 1 aromatic carbocycles. The summed E-state index contributed by atoms with van der Waals surface area (Å²) in [5.41, 5.74) is 5.46. The van der Waals surface area contributed by atoms with Crippen LogP contribution in [-0.4, -0.2) is 25.7 Å². The van der Waals surface area contributed by atoms with Crippen molar-refractivity contribution in [3.63, 3.8) is 0 Å². The normalized spacial score (nSPS) is 10.5. The minimum absolute atomic E-state index is 0.0343. The van der Waals surface area contributed by atoms with Crippen molar-refractivity contribution in [3.8, 4) is 17.3 Å². The third-order valence-electron chi connectivity index (χ3n) is 3.71. The van der Waals surface area contributed by atoms with Crippen LogP contribution < -0.4 is 5.32 Å². The average molecular weight is 352 g/mol. The maximum atomic E-state index is 12.1. The largest absolute Gasteiger partial charge is 0.300 e. The quantitative estimate of drug-likeness (QED) is 0.779. The summed E-state index contributed by atoms with van der Waals surface area (Å²) in [4.78, 5) is 16.7. The minimum atomic E-state index is -0.283. The Morgan fingerprint density at radius 2 is 2.04 bits per heavy atom. The van der Waals surface area contributed by atoms with Gasteiger partial charge >= 0.3 is 0 Å². The molecule has 8 heteroatoms.